The maximum absolute atomic E-state index is 13.4. The van der Waals surface area contributed by atoms with Crippen LogP contribution in [0.3, 0.4) is 0 Å². The van der Waals surface area contributed by atoms with E-state index in [4.69, 9.17) is 28.8 Å². The van der Waals surface area contributed by atoms with Gasteiger partial charge in [-0.3, -0.25) is 9.78 Å². The molecule has 1 aliphatic rings. The van der Waals surface area contributed by atoms with E-state index in [1.54, 1.807) is 24.2 Å². The van der Waals surface area contributed by atoms with Crippen molar-refractivity contribution in [1.29, 1.82) is 0 Å². The van der Waals surface area contributed by atoms with Gasteiger partial charge in [0.1, 0.15) is 0 Å². The number of amides is 1. The predicted molar refractivity (Wildman–Crippen MR) is 142 cm³/mol. The Hall–Kier alpha value is -3.81. The molecule has 4 aromatic rings. The molecule has 0 bridgehead atoms. The van der Waals surface area contributed by atoms with Gasteiger partial charge in [-0.25, -0.2) is 4.99 Å². The zero-order chi connectivity index (χ0) is 23.7. The molecule has 1 aliphatic heterocycles. The molecule has 2 N–H and O–H groups in total. The Balaban J connectivity index is 1.51. The number of fused-ring (bicyclic) bond motifs is 2. The van der Waals surface area contributed by atoms with Crippen LogP contribution >= 0.6 is 23.8 Å². The van der Waals surface area contributed by atoms with E-state index in [1.165, 1.54) is 0 Å². The van der Waals surface area contributed by atoms with Gasteiger partial charge in [0.2, 0.25) is 6.17 Å². The minimum Gasteiger partial charge on any atom is -0.333 e. The van der Waals surface area contributed by atoms with Gasteiger partial charge in [-0.1, -0.05) is 60.1 Å². The van der Waals surface area contributed by atoms with E-state index in [1.807, 2.05) is 72.8 Å². The van der Waals surface area contributed by atoms with Crippen molar-refractivity contribution >= 4 is 62.8 Å². The van der Waals surface area contributed by atoms with Crippen molar-refractivity contribution < 1.29 is 4.79 Å². The molecule has 6 nitrogen and oxygen atoms in total. The highest BCUT2D eigenvalue weighted by molar-refractivity contribution is 7.80. The van der Waals surface area contributed by atoms with Crippen LogP contribution in [0, 0.1) is 0 Å². The van der Waals surface area contributed by atoms with Gasteiger partial charge in [0.15, 0.2) is 5.11 Å². The summed E-state index contributed by atoms with van der Waals surface area (Å²) in [7, 11) is 1.72. The molecule has 1 amide bonds. The van der Waals surface area contributed by atoms with E-state index < -0.39 is 6.17 Å². The zero-order valence-electron chi connectivity index (χ0n) is 18.2. The summed E-state index contributed by atoms with van der Waals surface area (Å²) in [5.41, 5.74) is 4.55. The lowest BCUT2D eigenvalue weighted by Crippen LogP contribution is -2.47. The van der Waals surface area contributed by atoms with Crippen LogP contribution in [0.4, 0.5) is 11.4 Å². The molecule has 0 radical (unpaired) electrons. The molecule has 0 saturated carbocycles. The largest absolute Gasteiger partial charge is 0.333 e. The molecule has 1 unspecified atom stereocenters. The lowest BCUT2D eigenvalue weighted by atomic mass is 10.0. The summed E-state index contributed by atoms with van der Waals surface area (Å²) in [5, 5.41) is 8.07. The number of aliphatic imine (C=N–C) groups is 1. The number of benzodiazepines with no additional fused rings is 1. The Morgan fingerprint density at radius 2 is 1.82 bits per heavy atom. The summed E-state index contributed by atoms with van der Waals surface area (Å²) in [6, 6.07) is 24.8. The maximum Gasteiger partial charge on any atom is 0.272 e. The fraction of sp³-hybridized carbons (Fsp3) is 0.0769. The number of likely N-dealkylation sites (N-methyl/N-ethyl adjacent to an activating group) is 1. The molecule has 2 heterocycles. The van der Waals surface area contributed by atoms with Crippen molar-refractivity contribution in [3.8, 4) is 0 Å². The van der Waals surface area contributed by atoms with E-state index in [0.717, 1.165) is 33.4 Å². The van der Waals surface area contributed by atoms with Crippen LogP contribution in [0.15, 0.2) is 90.1 Å². The van der Waals surface area contributed by atoms with Crippen LogP contribution in [0.25, 0.3) is 10.9 Å². The second-order valence-electron chi connectivity index (χ2n) is 7.78. The van der Waals surface area contributed by atoms with Gasteiger partial charge in [-0.2, -0.15) is 0 Å². The number of hydrogen-bond donors (Lipinski definition) is 2. The third kappa shape index (κ3) is 4.23. The standard InChI is InChI=1S/C26H20ClN5OS/c1-32-21-13-12-18(27)15-19(21)22(16-7-3-2-4-8-16)30-24(25(32)33)31-26(34)29-20-11-5-9-17-10-6-14-28-23(17)20/h2-15,24H,1H3,(H2,29,31,34). The quantitative estimate of drug-likeness (QED) is 0.399. The van der Waals surface area contributed by atoms with Crippen LogP contribution < -0.4 is 15.5 Å². The van der Waals surface area contributed by atoms with Gasteiger partial charge < -0.3 is 15.5 Å². The zero-order valence-corrected chi connectivity index (χ0v) is 19.8. The van der Waals surface area contributed by atoms with E-state index in [2.05, 4.69) is 15.6 Å². The Labute approximate surface area is 207 Å². The number of para-hydroxylation sites is 1. The molecule has 5 rings (SSSR count). The average Bonchev–Trinajstić information content (AvgIpc) is 2.95. The minimum atomic E-state index is -0.936. The molecule has 3 aromatic carbocycles. The number of carbonyl (C=O) groups is 1. The molecule has 1 atom stereocenters. The molecular formula is C26H20ClN5OS. The second-order valence-corrected chi connectivity index (χ2v) is 8.63. The third-order valence-electron chi connectivity index (χ3n) is 5.59. The normalized spacial score (nSPS) is 15.4. The number of rotatable bonds is 3. The van der Waals surface area contributed by atoms with E-state index >= 15 is 0 Å². The molecule has 1 aromatic heterocycles. The number of benzene rings is 3. The van der Waals surface area contributed by atoms with Gasteiger partial charge in [-0.05, 0) is 42.5 Å². The predicted octanol–water partition coefficient (Wildman–Crippen LogP) is 5.01. The Morgan fingerprint density at radius 1 is 1.03 bits per heavy atom. The molecular weight excluding hydrogens is 466 g/mol. The molecule has 0 aliphatic carbocycles. The number of anilines is 2. The SMILES string of the molecule is CN1C(=O)C(NC(=S)Nc2cccc3cccnc23)N=C(c2ccccc2)c2cc(Cl)ccc21. The topological polar surface area (TPSA) is 69.6 Å². The van der Waals surface area contributed by atoms with Crippen molar-refractivity contribution in [1.82, 2.24) is 10.3 Å². The lowest BCUT2D eigenvalue weighted by molar-refractivity contribution is -0.119. The number of hydrogen-bond acceptors (Lipinski definition) is 4. The summed E-state index contributed by atoms with van der Waals surface area (Å²) in [6.07, 6.45) is 0.793. The van der Waals surface area contributed by atoms with Crippen molar-refractivity contribution in [3.05, 3.63) is 101 Å². The highest BCUT2D eigenvalue weighted by Gasteiger charge is 2.30. The number of carbonyl (C=O) groups excluding carboxylic acids is 1. The summed E-state index contributed by atoms with van der Waals surface area (Å²) >= 11 is 11.9. The Kier molecular flexibility index (Phi) is 5.96. The maximum atomic E-state index is 13.4. The second kappa shape index (κ2) is 9.21. The first-order chi connectivity index (χ1) is 16.5. The third-order valence-corrected chi connectivity index (χ3v) is 6.05. The Bertz CT molecular complexity index is 1430. The van der Waals surface area contributed by atoms with E-state index in [9.17, 15) is 4.79 Å². The van der Waals surface area contributed by atoms with E-state index in [0.29, 0.717) is 10.7 Å². The number of nitrogens with one attached hydrogen (secondary N) is 2. The fourth-order valence-electron chi connectivity index (χ4n) is 3.95. The molecule has 34 heavy (non-hydrogen) atoms. The summed E-state index contributed by atoms with van der Waals surface area (Å²) in [5.74, 6) is -0.241. The van der Waals surface area contributed by atoms with Crippen molar-refractivity contribution in [2.45, 2.75) is 6.17 Å². The lowest BCUT2D eigenvalue weighted by Gasteiger charge is -2.22. The highest BCUT2D eigenvalue weighted by atomic mass is 35.5. The van der Waals surface area contributed by atoms with Crippen molar-refractivity contribution in [2.75, 3.05) is 17.3 Å². The molecule has 168 valence electrons. The van der Waals surface area contributed by atoms with Crippen LogP contribution in [-0.4, -0.2) is 34.9 Å². The fourth-order valence-corrected chi connectivity index (χ4v) is 4.35. The van der Waals surface area contributed by atoms with Gasteiger partial charge in [0.25, 0.3) is 5.91 Å². The van der Waals surface area contributed by atoms with Gasteiger partial charge in [0.05, 0.1) is 22.6 Å². The number of thiocarbonyl (C=S) groups is 1. The number of nitrogens with zero attached hydrogens (tertiary/aromatic N) is 3. The van der Waals surface area contributed by atoms with Gasteiger partial charge in [0, 0.05) is 34.8 Å². The van der Waals surface area contributed by atoms with Gasteiger partial charge >= 0.3 is 0 Å². The summed E-state index contributed by atoms with van der Waals surface area (Å²) in [4.78, 5) is 24.2. The Morgan fingerprint density at radius 3 is 2.65 bits per heavy atom. The smallest absolute Gasteiger partial charge is 0.272 e. The van der Waals surface area contributed by atoms with Crippen LogP contribution in [-0.2, 0) is 4.79 Å². The van der Waals surface area contributed by atoms with Crippen molar-refractivity contribution in [3.63, 3.8) is 0 Å². The number of halogens is 1. The van der Waals surface area contributed by atoms with E-state index in [-0.39, 0.29) is 11.0 Å². The minimum absolute atomic E-state index is 0.241. The first kappa shape index (κ1) is 22.0. The first-order valence-corrected chi connectivity index (χ1v) is 11.4. The van der Waals surface area contributed by atoms with Crippen LogP contribution in [0.5, 0.6) is 0 Å². The monoisotopic (exact) mass is 485 g/mol. The van der Waals surface area contributed by atoms with Gasteiger partial charge in [-0.15, -0.1) is 0 Å². The summed E-state index contributed by atoms with van der Waals surface area (Å²) in [6.45, 7) is 0. The summed E-state index contributed by atoms with van der Waals surface area (Å²) < 4.78 is 0. The first-order valence-electron chi connectivity index (χ1n) is 10.6. The van der Waals surface area contributed by atoms with Crippen molar-refractivity contribution in [2.24, 2.45) is 4.99 Å². The average molecular weight is 486 g/mol. The molecule has 0 saturated heterocycles. The molecule has 0 spiro atoms. The number of pyridine rings is 1. The highest BCUT2D eigenvalue weighted by Crippen LogP contribution is 2.30. The molecule has 8 heteroatoms. The molecule has 0 fully saturated rings. The number of aromatic nitrogens is 1. The van der Waals surface area contributed by atoms with Crippen LogP contribution in [0.1, 0.15) is 11.1 Å². The van der Waals surface area contributed by atoms with Crippen LogP contribution in [0.2, 0.25) is 5.02 Å².